The quantitative estimate of drug-likeness (QED) is 0.180. The summed E-state index contributed by atoms with van der Waals surface area (Å²) in [5.74, 6) is 0.451. The fourth-order valence-corrected chi connectivity index (χ4v) is 4.01. The number of aromatic nitrogens is 4. The fraction of sp³-hybridized carbons (Fsp3) is 0.133. The maximum absolute atomic E-state index is 13.0. The van der Waals surface area contributed by atoms with Crippen molar-refractivity contribution in [1.29, 1.82) is 0 Å². The molecule has 196 valence electrons. The number of likely N-dealkylation sites (N-methyl/N-ethyl adjacent to an activating group) is 1. The van der Waals surface area contributed by atoms with E-state index in [1.165, 1.54) is 6.33 Å². The van der Waals surface area contributed by atoms with E-state index in [1.54, 1.807) is 12.3 Å². The molecule has 0 aliphatic heterocycles. The van der Waals surface area contributed by atoms with Crippen molar-refractivity contribution in [3.8, 4) is 11.3 Å². The molecule has 3 aromatic heterocycles. The maximum atomic E-state index is 13.0. The third-order valence-corrected chi connectivity index (χ3v) is 5.94. The number of nitrogens with one attached hydrogen (secondary N) is 4. The summed E-state index contributed by atoms with van der Waals surface area (Å²) in [6.07, 6.45) is 9.34. The van der Waals surface area contributed by atoms with Crippen molar-refractivity contribution >= 4 is 39.8 Å². The standard InChI is InChI=1S/C30H30N8O/c1-38(2)14-4-3-12-31-24-8-5-7-22(16-24)30(39)37-26-10-6-9-25(17-26)36-28-18-27(34-20-35-28)23-15-21-11-13-32-29(21)33-19-23/h3-11,13,15-20,31H,12,14H2,1-2H3,(H,32,33)(H,37,39)(H,34,35,36)/b4-3+. The molecule has 0 saturated heterocycles. The van der Waals surface area contributed by atoms with Gasteiger partial charge in [0.1, 0.15) is 17.8 Å². The van der Waals surface area contributed by atoms with E-state index in [-0.39, 0.29) is 5.91 Å². The summed E-state index contributed by atoms with van der Waals surface area (Å²) < 4.78 is 0. The van der Waals surface area contributed by atoms with Gasteiger partial charge in [0.25, 0.3) is 5.91 Å². The lowest BCUT2D eigenvalue weighted by Gasteiger charge is -2.11. The minimum atomic E-state index is -0.184. The summed E-state index contributed by atoms with van der Waals surface area (Å²) in [6, 6.07) is 20.9. The van der Waals surface area contributed by atoms with E-state index in [9.17, 15) is 4.79 Å². The predicted molar refractivity (Wildman–Crippen MR) is 157 cm³/mol. The summed E-state index contributed by atoms with van der Waals surface area (Å²) in [5.41, 5.74) is 5.41. The number of anilines is 4. The van der Waals surface area contributed by atoms with Gasteiger partial charge in [0.2, 0.25) is 0 Å². The fourth-order valence-electron chi connectivity index (χ4n) is 4.01. The first-order valence-electron chi connectivity index (χ1n) is 12.6. The molecule has 3 heterocycles. The Hall–Kier alpha value is -5.02. The van der Waals surface area contributed by atoms with E-state index in [0.717, 1.165) is 40.2 Å². The lowest BCUT2D eigenvalue weighted by molar-refractivity contribution is 0.102. The highest BCUT2D eigenvalue weighted by atomic mass is 16.1. The predicted octanol–water partition coefficient (Wildman–Crippen LogP) is 5.55. The lowest BCUT2D eigenvalue weighted by Crippen LogP contribution is -2.12. The molecule has 0 spiro atoms. The second-order valence-corrected chi connectivity index (χ2v) is 9.28. The molecular weight excluding hydrogens is 488 g/mol. The van der Waals surface area contributed by atoms with Gasteiger partial charge in [0, 0.05) is 65.1 Å². The molecule has 5 aromatic rings. The van der Waals surface area contributed by atoms with Gasteiger partial charge in [-0.05, 0) is 62.6 Å². The number of aromatic amines is 1. The van der Waals surface area contributed by atoms with Crippen molar-refractivity contribution in [2.75, 3.05) is 43.1 Å². The number of hydrogen-bond donors (Lipinski definition) is 4. The van der Waals surface area contributed by atoms with E-state index in [2.05, 4.69) is 52.9 Å². The van der Waals surface area contributed by atoms with E-state index >= 15 is 0 Å². The summed E-state index contributed by atoms with van der Waals surface area (Å²) >= 11 is 0. The molecule has 39 heavy (non-hydrogen) atoms. The molecule has 9 nitrogen and oxygen atoms in total. The van der Waals surface area contributed by atoms with E-state index < -0.39 is 0 Å². The van der Waals surface area contributed by atoms with E-state index in [1.807, 2.05) is 81.0 Å². The molecular formula is C30H30N8O. The van der Waals surface area contributed by atoms with Gasteiger partial charge in [0.15, 0.2) is 0 Å². The molecule has 2 aromatic carbocycles. The number of pyridine rings is 1. The largest absolute Gasteiger partial charge is 0.382 e. The second-order valence-electron chi connectivity index (χ2n) is 9.28. The van der Waals surface area contributed by atoms with Crippen LogP contribution in [0.2, 0.25) is 0 Å². The minimum Gasteiger partial charge on any atom is -0.382 e. The first kappa shape index (κ1) is 25.6. The van der Waals surface area contributed by atoms with Crippen LogP contribution in [0.4, 0.5) is 22.9 Å². The maximum Gasteiger partial charge on any atom is 0.255 e. The Morgan fingerprint density at radius 1 is 0.923 bits per heavy atom. The zero-order valence-corrected chi connectivity index (χ0v) is 21.8. The van der Waals surface area contributed by atoms with Gasteiger partial charge in [-0.2, -0.15) is 0 Å². The molecule has 5 rings (SSSR count). The van der Waals surface area contributed by atoms with Crippen molar-refractivity contribution < 1.29 is 4.79 Å². The van der Waals surface area contributed by atoms with Crippen LogP contribution in [0.1, 0.15) is 10.4 Å². The number of hydrogen-bond acceptors (Lipinski definition) is 7. The molecule has 0 aliphatic carbocycles. The van der Waals surface area contributed by atoms with Crippen molar-refractivity contribution in [2.24, 2.45) is 0 Å². The number of rotatable bonds is 10. The Kier molecular flexibility index (Phi) is 7.89. The number of H-pyrrole nitrogens is 1. The van der Waals surface area contributed by atoms with Crippen molar-refractivity contribution in [2.45, 2.75) is 0 Å². The number of fused-ring (bicyclic) bond motifs is 1. The van der Waals surface area contributed by atoms with Crippen LogP contribution in [-0.4, -0.2) is 57.9 Å². The SMILES string of the molecule is CN(C)C/C=C/CNc1cccc(C(=O)Nc2cccc(Nc3cc(-c4cnc5[nH]ccc5c4)ncn3)c2)c1. The molecule has 0 radical (unpaired) electrons. The van der Waals surface area contributed by atoms with Crippen LogP contribution in [0, 0.1) is 0 Å². The molecule has 9 heteroatoms. The van der Waals surface area contributed by atoms with Gasteiger partial charge in [-0.15, -0.1) is 0 Å². The molecule has 0 fully saturated rings. The van der Waals surface area contributed by atoms with Gasteiger partial charge in [-0.3, -0.25) is 4.79 Å². The Morgan fingerprint density at radius 3 is 2.67 bits per heavy atom. The number of nitrogens with zero attached hydrogens (tertiary/aromatic N) is 4. The van der Waals surface area contributed by atoms with Crippen LogP contribution in [0.25, 0.3) is 22.3 Å². The Bertz CT molecular complexity index is 1610. The lowest BCUT2D eigenvalue weighted by atomic mass is 10.1. The van der Waals surface area contributed by atoms with Crippen LogP contribution in [0.15, 0.2) is 97.6 Å². The van der Waals surface area contributed by atoms with Crippen LogP contribution in [0.3, 0.4) is 0 Å². The summed E-state index contributed by atoms with van der Waals surface area (Å²) in [6.45, 7) is 1.58. The highest BCUT2D eigenvalue weighted by Crippen LogP contribution is 2.24. The first-order valence-corrected chi connectivity index (χ1v) is 12.6. The van der Waals surface area contributed by atoms with E-state index in [0.29, 0.717) is 23.6 Å². The minimum absolute atomic E-state index is 0.184. The third-order valence-electron chi connectivity index (χ3n) is 5.94. The Morgan fingerprint density at radius 2 is 1.77 bits per heavy atom. The smallest absolute Gasteiger partial charge is 0.255 e. The number of carbonyl (C=O) groups is 1. The molecule has 0 atom stereocenters. The van der Waals surface area contributed by atoms with E-state index in [4.69, 9.17) is 0 Å². The van der Waals surface area contributed by atoms with Crippen LogP contribution in [0.5, 0.6) is 0 Å². The van der Waals surface area contributed by atoms with Crippen LogP contribution in [-0.2, 0) is 0 Å². The normalized spacial score (nSPS) is 11.3. The number of carbonyl (C=O) groups excluding carboxylic acids is 1. The number of benzene rings is 2. The van der Waals surface area contributed by atoms with Gasteiger partial charge >= 0.3 is 0 Å². The van der Waals surface area contributed by atoms with Crippen molar-refractivity contribution in [3.05, 3.63) is 103 Å². The number of amides is 1. The van der Waals surface area contributed by atoms with Gasteiger partial charge < -0.3 is 25.8 Å². The summed E-state index contributed by atoms with van der Waals surface area (Å²) in [5, 5.41) is 10.6. The molecule has 0 unspecified atom stereocenters. The molecule has 0 saturated carbocycles. The van der Waals surface area contributed by atoms with Gasteiger partial charge in [0.05, 0.1) is 5.69 Å². The van der Waals surface area contributed by atoms with Gasteiger partial charge in [-0.25, -0.2) is 15.0 Å². The molecule has 0 bridgehead atoms. The molecule has 0 aliphatic rings. The van der Waals surface area contributed by atoms with Crippen molar-refractivity contribution in [3.63, 3.8) is 0 Å². The second kappa shape index (κ2) is 12.0. The van der Waals surface area contributed by atoms with Crippen molar-refractivity contribution in [1.82, 2.24) is 24.8 Å². The highest BCUT2D eigenvalue weighted by Gasteiger charge is 2.09. The topological polar surface area (TPSA) is 111 Å². The molecule has 1 amide bonds. The monoisotopic (exact) mass is 518 g/mol. The average Bonchev–Trinajstić information content (AvgIpc) is 3.41. The third kappa shape index (κ3) is 6.85. The van der Waals surface area contributed by atoms with Crippen LogP contribution >= 0.6 is 0 Å². The zero-order chi connectivity index (χ0) is 27.0. The summed E-state index contributed by atoms with van der Waals surface area (Å²) in [4.78, 5) is 31.4. The van der Waals surface area contributed by atoms with Crippen LogP contribution < -0.4 is 16.0 Å². The average molecular weight is 519 g/mol. The first-order chi connectivity index (χ1) is 19.0. The summed E-state index contributed by atoms with van der Waals surface area (Å²) in [7, 11) is 4.06. The highest BCUT2D eigenvalue weighted by molar-refractivity contribution is 6.05. The van der Waals surface area contributed by atoms with Gasteiger partial charge in [-0.1, -0.05) is 24.3 Å². The Labute approximate surface area is 227 Å². The zero-order valence-electron chi connectivity index (χ0n) is 21.8. The molecule has 4 N–H and O–H groups in total. The Balaban J connectivity index is 1.23.